The second kappa shape index (κ2) is 10.7. The van der Waals surface area contributed by atoms with Gasteiger partial charge in [0, 0.05) is 38.8 Å². The number of hydrogen-bond donors (Lipinski definition) is 2. The third-order valence-corrected chi connectivity index (χ3v) is 6.07. The minimum absolute atomic E-state index is 0. The van der Waals surface area contributed by atoms with Crippen molar-refractivity contribution in [2.75, 3.05) is 26.7 Å². The molecule has 0 amide bonds. The maximum Gasteiger partial charge on any atom is 0.511 e. The van der Waals surface area contributed by atoms with Crippen LogP contribution in [0.1, 0.15) is 18.4 Å². The zero-order chi connectivity index (χ0) is 20.9. The van der Waals surface area contributed by atoms with E-state index in [1.807, 2.05) is 0 Å². The largest absolute Gasteiger partial charge is 0.511 e. The van der Waals surface area contributed by atoms with Gasteiger partial charge in [-0.3, -0.25) is 4.99 Å². The van der Waals surface area contributed by atoms with Crippen LogP contribution in [0.15, 0.2) is 23.2 Å². The third kappa shape index (κ3) is 6.91. The van der Waals surface area contributed by atoms with E-state index in [0.29, 0.717) is 16.8 Å². The Morgan fingerprint density at radius 1 is 1.21 bits per heavy atom. The number of halogens is 6. The van der Waals surface area contributed by atoms with E-state index < -0.39 is 27.2 Å². The molecule has 2 N–H and O–H groups in total. The molecule has 6 nitrogen and oxygen atoms in total. The van der Waals surface area contributed by atoms with Gasteiger partial charge in [-0.05, 0) is 37.0 Å². The van der Waals surface area contributed by atoms with E-state index in [-0.39, 0.29) is 67.9 Å². The van der Waals surface area contributed by atoms with Crippen LogP contribution in [0.3, 0.4) is 0 Å². The molecule has 29 heavy (non-hydrogen) atoms. The highest BCUT2D eigenvalue weighted by molar-refractivity contribution is 14.0. The van der Waals surface area contributed by atoms with E-state index in [1.165, 1.54) is 7.05 Å². The number of alkyl halides is 3. The Hall–Kier alpha value is -1.22. The predicted octanol–water partition coefficient (Wildman–Crippen LogP) is 2.81. The molecule has 166 valence electrons. The molecule has 0 bridgehead atoms. The van der Waals surface area contributed by atoms with Crippen LogP contribution in [0.5, 0.6) is 0 Å². The van der Waals surface area contributed by atoms with Crippen molar-refractivity contribution in [3.63, 3.8) is 0 Å². The fourth-order valence-corrected chi connectivity index (χ4v) is 3.80. The first kappa shape index (κ1) is 25.8. The highest BCUT2D eigenvalue weighted by atomic mass is 127. The monoisotopic (exact) mass is 556 g/mol. The van der Waals surface area contributed by atoms with E-state index >= 15 is 0 Å². The molecule has 2 rings (SSSR count). The molecular formula is C16H22F5IN4O2S. The molecule has 1 fully saturated rings. The molecule has 1 saturated heterocycles. The molecule has 0 saturated carbocycles. The minimum Gasteiger partial charge on any atom is -0.356 e. The summed E-state index contributed by atoms with van der Waals surface area (Å²) in [5.74, 6) is -0.873. The molecule has 1 heterocycles. The molecule has 13 heteroatoms. The van der Waals surface area contributed by atoms with Crippen molar-refractivity contribution in [3.05, 3.63) is 35.4 Å². The lowest BCUT2D eigenvalue weighted by Crippen LogP contribution is -2.47. The summed E-state index contributed by atoms with van der Waals surface area (Å²) in [7, 11) is -3.81. The van der Waals surface area contributed by atoms with Crippen molar-refractivity contribution in [2.24, 2.45) is 10.9 Å². The smallest absolute Gasteiger partial charge is 0.356 e. The van der Waals surface area contributed by atoms with Crippen molar-refractivity contribution < 1.29 is 30.4 Å². The van der Waals surface area contributed by atoms with Crippen LogP contribution in [0.2, 0.25) is 0 Å². The summed E-state index contributed by atoms with van der Waals surface area (Å²) in [5.41, 5.74) is -5.18. The maximum atomic E-state index is 13.6. The third-order valence-electron chi connectivity index (χ3n) is 4.44. The Labute approximate surface area is 183 Å². The van der Waals surface area contributed by atoms with Gasteiger partial charge in [0.05, 0.1) is 0 Å². The van der Waals surface area contributed by atoms with Gasteiger partial charge in [0.15, 0.2) is 5.96 Å². The van der Waals surface area contributed by atoms with Crippen LogP contribution in [-0.4, -0.2) is 50.9 Å². The summed E-state index contributed by atoms with van der Waals surface area (Å²) in [6.07, 6.45) is 0.523. The highest BCUT2D eigenvalue weighted by Crippen LogP contribution is 2.30. The molecular weight excluding hydrogens is 534 g/mol. The van der Waals surface area contributed by atoms with Crippen molar-refractivity contribution in [1.82, 2.24) is 14.9 Å². The zero-order valence-electron chi connectivity index (χ0n) is 15.5. The Kier molecular flexibility index (Phi) is 9.53. The van der Waals surface area contributed by atoms with E-state index in [4.69, 9.17) is 0 Å². The lowest BCUT2D eigenvalue weighted by molar-refractivity contribution is -0.0496. The number of sulfonamides is 1. The van der Waals surface area contributed by atoms with E-state index in [9.17, 15) is 30.4 Å². The standard InChI is InChI=1S/C16H21F5N4O2S.HI/c1-22-15(24-10-12-8-13(17)2-3-14(12)18)23-9-11-4-6-25(7-5-11)28(26,27)16(19,20)21;/h2-3,8,11H,4-7,9-10H2,1H3,(H2,22,23,24);1H. The Morgan fingerprint density at radius 3 is 2.38 bits per heavy atom. The second-order valence-corrected chi connectivity index (χ2v) is 8.27. The Balaban J connectivity index is 0.00000420. The number of nitrogens with zero attached hydrogens (tertiary/aromatic N) is 2. The highest BCUT2D eigenvalue weighted by Gasteiger charge is 2.50. The average molecular weight is 556 g/mol. The van der Waals surface area contributed by atoms with Crippen LogP contribution >= 0.6 is 24.0 Å². The lowest BCUT2D eigenvalue weighted by atomic mass is 9.98. The zero-order valence-corrected chi connectivity index (χ0v) is 18.6. The molecule has 0 unspecified atom stereocenters. The van der Waals surface area contributed by atoms with Gasteiger partial charge >= 0.3 is 15.5 Å². The average Bonchev–Trinajstić information content (AvgIpc) is 2.64. The summed E-state index contributed by atoms with van der Waals surface area (Å²) >= 11 is 0. The summed E-state index contributed by atoms with van der Waals surface area (Å²) in [5, 5.41) is 5.78. The van der Waals surface area contributed by atoms with Crippen LogP contribution in [0.4, 0.5) is 22.0 Å². The van der Waals surface area contributed by atoms with Gasteiger partial charge in [-0.2, -0.15) is 17.5 Å². The van der Waals surface area contributed by atoms with Crippen molar-refractivity contribution in [3.8, 4) is 0 Å². The lowest BCUT2D eigenvalue weighted by Gasteiger charge is -2.31. The summed E-state index contributed by atoms with van der Waals surface area (Å²) in [4.78, 5) is 3.95. The fraction of sp³-hybridized carbons (Fsp3) is 0.562. The number of guanidine groups is 1. The van der Waals surface area contributed by atoms with E-state index in [1.54, 1.807) is 0 Å². The van der Waals surface area contributed by atoms with Crippen LogP contribution in [0, 0.1) is 17.6 Å². The molecule has 0 atom stereocenters. The summed E-state index contributed by atoms with van der Waals surface area (Å²) < 4.78 is 87.8. The maximum absolute atomic E-state index is 13.6. The minimum atomic E-state index is -5.30. The van der Waals surface area contributed by atoms with Gasteiger partial charge in [0.1, 0.15) is 11.6 Å². The van der Waals surface area contributed by atoms with Gasteiger partial charge < -0.3 is 10.6 Å². The van der Waals surface area contributed by atoms with Crippen molar-refractivity contribution >= 4 is 40.0 Å². The number of rotatable bonds is 5. The molecule has 1 aliphatic rings. The summed E-state index contributed by atoms with van der Waals surface area (Å²) in [6, 6.07) is 3.09. The second-order valence-electron chi connectivity index (χ2n) is 6.34. The Morgan fingerprint density at radius 2 is 1.83 bits per heavy atom. The predicted molar refractivity (Wildman–Crippen MR) is 109 cm³/mol. The quantitative estimate of drug-likeness (QED) is 0.254. The molecule has 1 aromatic carbocycles. The first-order valence-corrected chi connectivity index (χ1v) is 9.93. The van der Waals surface area contributed by atoms with E-state index in [2.05, 4.69) is 15.6 Å². The number of benzene rings is 1. The molecule has 0 spiro atoms. The summed E-state index contributed by atoms with van der Waals surface area (Å²) in [6.45, 7) is -0.0831. The molecule has 0 radical (unpaired) electrons. The normalized spacial score (nSPS) is 17.0. The van der Waals surface area contributed by atoms with Gasteiger partial charge in [0.25, 0.3) is 0 Å². The molecule has 0 aliphatic carbocycles. The Bertz CT molecular complexity index is 812. The van der Waals surface area contributed by atoms with Gasteiger partial charge in [0.2, 0.25) is 0 Å². The number of piperidine rings is 1. The van der Waals surface area contributed by atoms with Crippen molar-refractivity contribution in [1.29, 1.82) is 0 Å². The van der Waals surface area contributed by atoms with Crippen molar-refractivity contribution in [2.45, 2.75) is 24.9 Å². The first-order chi connectivity index (χ1) is 13.0. The van der Waals surface area contributed by atoms with Crippen LogP contribution < -0.4 is 10.6 Å². The van der Waals surface area contributed by atoms with Gasteiger partial charge in [-0.25, -0.2) is 17.2 Å². The SMILES string of the molecule is CN=C(NCc1cc(F)ccc1F)NCC1CCN(S(=O)(=O)C(F)(F)F)CC1.I. The molecule has 0 aromatic heterocycles. The van der Waals surface area contributed by atoms with Crippen LogP contribution in [-0.2, 0) is 16.6 Å². The number of hydrogen-bond acceptors (Lipinski definition) is 3. The van der Waals surface area contributed by atoms with Gasteiger partial charge in [-0.15, -0.1) is 24.0 Å². The van der Waals surface area contributed by atoms with E-state index in [0.717, 1.165) is 18.2 Å². The van der Waals surface area contributed by atoms with Gasteiger partial charge in [-0.1, -0.05) is 0 Å². The molecule has 1 aliphatic heterocycles. The van der Waals surface area contributed by atoms with Crippen LogP contribution in [0.25, 0.3) is 0 Å². The first-order valence-electron chi connectivity index (χ1n) is 8.49. The molecule has 1 aromatic rings. The number of aliphatic imine (C=N–C) groups is 1. The fourth-order valence-electron chi connectivity index (χ4n) is 2.82. The number of nitrogens with one attached hydrogen (secondary N) is 2. The topological polar surface area (TPSA) is 73.8 Å².